The van der Waals surface area contributed by atoms with Crippen LogP contribution >= 0.6 is 11.8 Å². The monoisotopic (exact) mass is 183 g/mol. The molecule has 1 nitrogen and oxygen atoms in total. The summed E-state index contributed by atoms with van der Waals surface area (Å²) >= 11 is 1.70. The maximum Gasteiger partial charge on any atom is 0.101 e. The van der Waals surface area contributed by atoms with Gasteiger partial charge in [-0.15, -0.1) is 0 Å². The first-order chi connectivity index (χ1) is 5.88. The quantitative estimate of drug-likeness (QED) is 0.604. The van der Waals surface area contributed by atoms with Crippen LogP contribution in [0.5, 0.6) is 0 Å². The van der Waals surface area contributed by atoms with E-state index in [1.165, 1.54) is 5.57 Å². The number of rotatable bonds is 1. The third kappa shape index (κ3) is 3.26. The van der Waals surface area contributed by atoms with E-state index in [-0.39, 0.29) is 0 Å². The van der Waals surface area contributed by atoms with Crippen molar-refractivity contribution >= 4 is 16.8 Å². The van der Waals surface area contributed by atoms with E-state index in [1.807, 2.05) is 20.8 Å². The Hall–Kier alpha value is -0.500. The molecule has 0 amide bonds. The number of aliphatic imine (C=N–C) groups is 1. The smallest absolute Gasteiger partial charge is 0.101 e. The van der Waals surface area contributed by atoms with Crippen molar-refractivity contribution in [3.63, 3.8) is 0 Å². The first-order valence-electron chi connectivity index (χ1n) is 4.42. The van der Waals surface area contributed by atoms with Crippen LogP contribution in [0.3, 0.4) is 0 Å². The molecule has 0 aromatic heterocycles. The van der Waals surface area contributed by atoms with Gasteiger partial charge in [0.1, 0.15) is 5.04 Å². The molecule has 0 spiro atoms. The van der Waals surface area contributed by atoms with E-state index in [0.717, 1.165) is 11.6 Å². The zero-order valence-corrected chi connectivity index (χ0v) is 9.11. The van der Waals surface area contributed by atoms with Crippen molar-refractivity contribution in [3.8, 4) is 0 Å². The lowest BCUT2D eigenvalue weighted by Gasteiger charge is -1.94. The molecule has 0 fully saturated rings. The molecular formula is C10H17NS. The molecule has 0 radical (unpaired) electrons. The fourth-order valence-corrected chi connectivity index (χ4v) is 1.67. The molecule has 0 N–H and O–H groups in total. The van der Waals surface area contributed by atoms with Crippen LogP contribution in [0.1, 0.15) is 27.7 Å². The van der Waals surface area contributed by atoms with E-state index < -0.39 is 0 Å². The zero-order chi connectivity index (χ0) is 9.40. The van der Waals surface area contributed by atoms with Gasteiger partial charge in [-0.1, -0.05) is 31.7 Å². The van der Waals surface area contributed by atoms with Crippen LogP contribution in [0.15, 0.2) is 28.1 Å². The van der Waals surface area contributed by atoms with Crippen LogP contribution in [0.25, 0.3) is 0 Å². The number of thioether (sulfide) groups is 1. The first-order valence-corrected chi connectivity index (χ1v) is 5.30. The van der Waals surface area contributed by atoms with Gasteiger partial charge in [-0.2, -0.15) is 0 Å². The van der Waals surface area contributed by atoms with Crippen molar-refractivity contribution < 1.29 is 0 Å². The summed E-state index contributed by atoms with van der Waals surface area (Å²) < 4.78 is 0. The van der Waals surface area contributed by atoms with E-state index >= 15 is 0 Å². The van der Waals surface area contributed by atoms with Crippen LogP contribution in [0, 0.1) is 0 Å². The number of nitrogens with zero attached hydrogens (tertiary/aromatic N) is 1. The minimum atomic E-state index is 0.876. The lowest BCUT2D eigenvalue weighted by Crippen LogP contribution is -1.89. The second kappa shape index (κ2) is 7.17. The molecule has 12 heavy (non-hydrogen) atoms. The van der Waals surface area contributed by atoms with Gasteiger partial charge in [0.05, 0.1) is 0 Å². The Balaban J connectivity index is 0.000000561. The highest BCUT2D eigenvalue weighted by atomic mass is 32.2. The second-order valence-corrected chi connectivity index (χ2v) is 2.84. The number of hydrogen-bond donors (Lipinski definition) is 0. The summed E-state index contributed by atoms with van der Waals surface area (Å²) in [5.41, 5.74) is 1.26. The lowest BCUT2D eigenvalue weighted by atomic mass is 10.3. The second-order valence-electron chi connectivity index (χ2n) is 1.94. The summed E-state index contributed by atoms with van der Waals surface area (Å²) in [7, 11) is 0. The molecule has 0 atom stereocenters. The van der Waals surface area contributed by atoms with Crippen LogP contribution < -0.4 is 0 Å². The molecular weight excluding hydrogens is 166 g/mol. The number of hydrogen-bond acceptors (Lipinski definition) is 2. The minimum Gasteiger partial charge on any atom is -0.278 e. The largest absolute Gasteiger partial charge is 0.278 e. The standard InChI is InChI=1S/C8H11NS.C2H6/c1-3-7-5-6-10-8(7)9-4-2;1-2/h3,5-6H,4H2,1-2H3;1-2H3/b7-3-,9-8?;. The van der Waals surface area contributed by atoms with Crippen LogP contribution in [-0.2, 0) is 0 Å². The highest BCUT2D eigenvalue weighted by Gasteiger charge is 2.06. The minimum absolute atomic E-state index is 0.876. The average molecular weight is 183 g/mol. The van der Waals surface area contributed by atoms with Gasteiger partial charge in [0.2, 0.25) is 0 Å². The zero-order valence-electron chi connectivity index (χ0n) is 8.29. The molecule has 1 rings (SSSR count). The molecule has 68 valence electrons. The fraction of sp³-hybridized carbons (Fsp3) is 0.500. The molecule has 0 unspecified atom stereocenters. The Morgan fingerprint density at radius 2 is 2.17 bits per heavy atom. The SMILES string of the molecule is C/C=C1/C=CSC1=NCC.CC. The van der Waals surface area contributed by atoms with Gasteiger partial charge in [-0.3, -0.25) is 4.99 Å². The van der Waals surface area contributed by atoms with E-state index in [2.05, 4.69) is 29.5 Å². The summed E-state index contributed by atoms with van der Waals surface area (Å²) in [5, 5.41) is 3.23. The highest BCUT2D eigenvalue weighted by Crippen LogP contribution is 2.23. The predicted molar refractivity (Wildman–Crippen MR) is 59.8 cm³/mol. The highest BCUT2D eigenvalue weighted by molar-refractivity contribution is 8.17. The van der Waals surface area contributed by atoms with Gasteiger partial charge in [-0.25, -0.2) is 0 Å². The van der Waals surface area contributed by atoms with Gasteiger partial charge in [0, 0.05) is 12.1 Å². The maximum absolute atomic E-state index is 4.32. The molecule has 0 bridgehead atoms. The van der Waals surface area contributed by atoms with Crippen LogP contribution in [0.4, 0.5) is 0 Å². The van der Waals surface area contributed by atoms with E-state index in [9.17, 15) is 0 Å². The van der Waals surface area contributed by atoms with Gasteiger partial charge >= 0.3 is 0 Å². The molecule has 1 aliphatic rings. The topological polar surface area (TPSA) is 12.4 Å². The maximum atomic E-state index is 4.32. The Labute approximate surface area is 79.7 Å². The summed E-state index contributed by atoms with van der Waals surface area (Å²) in [6.07, 6.45) is 4.18. The lowest BCUT2D eigenvalue weighted by molar-refractivity contribution is 1.14. The van der Waals surface area contributed by atoms with Crippen molar-refractivity contribution in [1.29, 1.82) is 0 Å². The van der Waals surface area contributed by atoms with E-state index in [0.29, 0.717) is 0 Å². The van der Waals surface area contributed by atoms with Gasteiger partial charge in [0.15, 0.2) is 0 Å². The molecule has 0 saturated carbocycles. The first kappa shape index (κ1) is 11.5. The van der Waals surface area contributed by atoms with Gasteiger partial charge in [0.25, 0.3) is 0 Å². The summed E-state index contributed by atoms with van der Waals surface area (Å²) in [5.74, 6) is 0. The Morgan fingerprint density at radius 3 is 2.67 bits per heavy atom. The molecule has 0 saturated heterocycles. The normalized spacial score (nSPS) is 21.3. The number of allylic oxidation sites excluding steroid dienone is 2. The van der Waals surface area contributed by atoms with Gasteiger partial charge in [-0.05, 0) is 25.3 Å². The molecule has 2 heteroatoms. The Morgan fingerprint density at radius 1 is 1.50 bits per heavy atom. The summed E-state index contributed by atoms with van der Waals surface area (Å²) in [6, 6.07) is 0. The van der Waals surface area contributed by atoms with Crippen LogP contribution in [-0.4, -0.2) is 11.6 Å². The Kier molecular flexibility index (Phi) is 6.87. The Bertz CT molecular complexity index is 202. The van der Waals surface area contributed by atoms with Crippen molar-refractivity contribution in [2.45, 2.75) is 27.7 Å². The molecule has 1 aliphatic heterocycles. The van der Waals surface area contributed by atoms with Gasteiger partial charge < -0.3 is 0 Å². The third-order valence-corrected chi connectivity index (χ3v) is 2.15. The predicted octanol–water partition coefficient (Wildman–Crippen LogP) is 3.64. The molecule has 0 aromatic rings. The van der Waals surface area contributed by atoms with Crippen molar-refractivity contribution in [3.05, 3.63) is 23.1 Å². The summed E-state index contributed by atoms with van der Waals surface area (Å²) in [6.45, 7) is 8.97. The molecule has 0 aliphatic carbocycles. The van der Waals surface area contributed by atoms with Crippen molar-refractivity contribution in [1.82, 2.24) is 0 Å². The fourth-order valence-electron chi connectivity index (χ4n) is 0.803. The van der Waals surface area contributed by atoms with E-state index in [4.69, 9.17) is 0 Å². The third-order valence-electron chi connectivity index (χ3n) is 1.29. The van der Waals surface area contributed by atoms with Crippen molar-refractivity contribution in [2.24, 2.45) is 4.99 Å². The van der Waals surface area contributed by atoms with Crippen LogP contribution in [0.2, 0.25) is 0 Å². The van der Waals surface area contributed by atoms with E-state index in [1.54, 1.807) is 11.8 Å². The van der Waals surface area contributed by atoms with Crippen molar-refractivity contribution in [2.75, 3.05) is 6.54 Å². The molecule has 0 aromatic carbocycles. The average Bonchev–Trinajstić information content (AvgIpc) is 2.56. The summed E-state index contributed by atoms with van der Waals surface area (Å²) in [4.78, 5) is 4.32. The molecule has 1 heterocycles.